The van der Waals surface area contributed by atoms with Crippen LogP contribution in [0.3, 0.4) is 0 Å². The average molecular weight is 413 g/mol. The number of aromatic nitrogens is 1. The van der Waals surface area contributed by atoms with Crippen molar-refractivity contribution in [3.05, 3.63) is 114 Å². The lowest BCUT2D eigenvalue weighted by molar-refractivity contribution is 0.0926. The van der Waals surface area contributed by atoms with Crippen LogP contribution in [-0.4, -0.2) is 16.4 Å². The fourth-order valence-electron chi connectivity index (χ4n) is 4.56. The molecule has 0 fully saturated rings. The molecular formula is C27H15N3O2. The van der Waals surface area contributed by atoms with Crippen molar-refractivity contribution in [3.63, 3.8) is 0 Å². The predicted molar refractivity (Wildman–Crippen MR) is 125 cm³/mol. The van der Waals surface area contributed by atoms with Gasteiger partial charge in [0.25, 0.3) is 11.8 Å². The van der Waals surface area contributed by atoms with Crippen molar-refractivity contribution in [2.45, 2.75) is 0 Å². The largest absolute Gasteiger partial charge is 0.309 e. The van der Waals surface area contributed by atoms with Crippen molar-refractivity contribution >= 4 is 45.0 Å². The molecule has 2 heterocycles. The van der Waals surface area contributed by atoms with E-state index in [4.69, 9.17) is 6.57 Å². The van der Waals surface area contributed by atoms with Gasteiger partial charge in [0.1, 0.15) is 0 Å². The van der Waals surface area contributed by atoms with Crippen LogP contribution in [0.4, 0.5) is 11.4 Å². The molecule has 1 aliphatic rings. The van der Waals surface area contributed by atoms with E-state index in [0.29, 0.717) is 28.2 Å². The number of carbonyl (C=O) groups excluding carboxylic acids is 2. The Hall–Kier alpha value is -4.69. The Labute approximate surface area is 183 Å². The maximum absolute atomic E-state index is 13.5. The molecule has 5 aromatic rings. The van der Waals surface area contributed by atoms with Crippen molar-refractivity contribution in [1.29, 1.82) is 0 Å². The first-order chi connectivity index (χ1) is 15.7. The third kappa shape index (κ3) is 2.38. The molecule has 0 spiro atoms. The molecule has 1 aliphatic heterocycles. The zero-order valence-electron chi connectivity index (χ0n) is 16.8. The molecule has 1 aromatic heterocycles. The molecule has 2 amide bonds. The quantitative estimate of drug-likeness (QED) is 0.258. The summed E-state index contributed by atoms with van der Waals surface area (Å²) in [5.74, 6) is -0.662. The number of fused-ring (bicyclic) bond motifs is 4. The second-order valence-corrected chi connectivity index (χ2v) is 7.65. The van der Waals surface area contributed by atoms with Gasteiger partial charge in [0.2, 0.25) is 0 Å². The molecular weight excluding hydrogens is 398 g/mol. The number of amides is 2. The molecule has 0 saturated heterocycles. The van der Waals surface area contributed by atoms with Gasteiger partial charge in [0.15, 0.2) is 5.69 Å². The number of anilines is 1. The van der Waals surface area contributed by atoms with Gasteiger partial charge in [-0.05, 0) is 47.9 Å². The SMILES string of the molecule is [C-]#[N+]c1ccc2c(c1)c1ccccc1n2-c1cccc2c1C(=O)N(c1ccccc1)C2=O. The van der Waals surface area contributed by atoms with E-state index < -0.39 is 0 Å². The summed E-state index contributed by atoms with van der Waals surface area (Å²) in [4.78, 5) is 31.6. The molecule has 0 radical (unpaired) electrons. The Morgan fingerprint density at radius 2 is 1.44 bits per heavy atom. The Bertz CT molecular complexity index is 1620. The van der Waals surface area contributed by atoms with Gasteiger partial charge in [-0.25, -0.2) is 9.74 Å². The Kier molecular flexibility index (Phi) is 3.77. The van der Waals surface area contributed by atoms with E-state index in [-0.39, 0.29) is 11.8 Å². The van der Waals surface area contributed by atoms with Crippen LogP contribution >= 0.6 is 0 Å². The molecule has 0 aliphatic carbocycles. The summed E-state index contributed by atoms with van der Waals surface area (Å²) >= 11 is 0. The minimum absolute atomic E-state index is 0.325. The minimum atomic E-state index is -0.337. The highest BCUT2D eigenvalue weighted by molar-refractivity contribution is 6.35. The number of hydrogen-bond acceptors (Lipinski definition) is 2. The number of imide groups is 1. The van der Waals surface area contributed by atoms with Crippen molar-refractivity contribution in [2.24, 2.45) is 0 Å². The Morgan fingerprint density at radius 1 is 0.688 bits per heavy atom. The summed E-state index contributed by atoms with van der Waals surface area (Å²) in [6.07, 6.45) is 0. The molecule has 5 nitrogen and oxygen atoms in total. The fraction of sp³-hybridized carbons (Fsp3) is 0. The zero-order chi connectivity index (χ0) is 21.8. The lowest BCUT2D eigenvalue weighted by Gasteiger charge is -2.14. The summed E-state index contributed by atoms with van der Waals surface area (Å²) in [5.41, 5.74) is 4.33. The monoisotopic (exact) mass is 413 g/mol. The molecule has 0 saturated carbocycles. The lowest BCUT2D eigenvalue weighted by Crippen LogP contribution is -2.29. The van der Waals surface area contributed by atoms with Gasteiger partial charge in [0, 0.05) is 5.39 Å². The van der Waals surface area contributed by atoms with Gasteiger partial charge in [-0.3, -0.25) is 9.59 Å². The maximum Gasteiger partial charge on any atom is 0.268 e. The molecule has 0 atom stereocenters. The summed E-state index contributed by atoms with van der Waals surface area (Å²) < 4.78 is 2.01. The van der Waals surface area contributed by atoms with Crippen LogP contribution in [-0.2, 0) is 0 Å². The van der Waals surface area contributed by atoms with E-state index in [1.165, 1.54) is 4.90 Å². The number of hydrogen-bond donors (Lipinski definition) is 0. The van der Waals surface area contributed by atoms with Crippen LogP contribution in [0.5, 0.6) is 0 Å². The van der Waals surface area contributed by atoms with Crippen LogP contribution in [0, 0.1) is 6.57 Å². The summed E-state index contributed by atoms with van der Waals surface area (Å²) in [6.45, 7) is 7.38. The highest BCUT2D eigenvalue weighted by Gasteiger charge is 2.39. The molecule has 5 heteroatoms. The molecule has 0 N–H and O–H groups in total. The van der Waals surface area contributed by atoms with Crippen LogP contribution in [0.25, 0.3) is 32.3 Å². The topological polar surface area (TPSA) is 46.7 Å². The first-order valence-electron chi connectivity index (χ1n) is 10.2. The molecule has 0 unspecified atom stereocenters. The van der Waals surface area contributed by atoms with E-state index in [1.807, 2.05) is 71.3 Å². The first-order valence-corrected chi connectivity index (χ1v) is 10.2. The Morgan fingerprint density at radius 3 is 2.25 bits per heavy atom. The van der Waals surface area contributed by atoms with E-state index in [1.54, 1.807) is 24.3 Å². The van der Waals surface area contributed by atoms with Gasteiger partial charge in [0.05, 0.1) is 40.1 Å². The molecule has 150 valence electrons. The van der Waals surface area contributed by atoms with Gasteiger partial charge >= 0.3 is 0 Å². The van der Waals surface area contributed by atoms with Crippen molar-refractivity contribution in [2.75, 3.05) is 4.90 Å². The lowest BCUT2D eigenvalue weighted by atomic mass is 10.1. The second kappa shape index (κ2) is 6.66. The second-order valence-electron chi connectivity index (χ2n) is 7.65. The summed E-state index contributed by atoms with van der Waals surface area (Å²) in [5, 5.41) is 1.92. The van der Waals surface area contributed by atoms with Crippen molar-refractivity contribution in [3.8, 4) is 5.69 Å². The standard InChI is InChI=1S/C27H15N3O2/c1-28-17-14-15-23-21(16-17)19-10-5-6-12-22(19)30(23)24-13-7-11-20-25(24)27(32)29(26(20)31)18-8-3-2-4-9-18/h2-16H. The number of benzene rings is 4. The molecule has 4 aromatic carbocycles. The van der Waals surface area contributed by atoms with Gasteiger partial charge in [-0.1, -0.05) is 48.5 Å². The average Bonchev–Trinajstić information content (AvgIpc) is 3.30. The van der Waals surface area contributed by atoms with Crippen LogP contribution < -0.4 is 4.90 Å². The van der Waals surface area contributed by atoms with Gasteiger partial charge in [-0.2, -0.15) is 0 Å². The van der Waals surface area contributed by atoms with E-state index in [9.17, 15) is 9.59 Å². The van der Waals surface area contributed by atoms with E-state index in [2.05, 4.69) is 4.85 Å². The summed E-state index contributed by atoms with van der Waals surface area (Å²) in [6, 6.07) is 27.8. The van der Waals surface area contributed by atoms with Gasteiger partial charge < -0.3 is 4.57 Å². The fourth-order valence-corrected chi connectivity index (χ4v) is 4.56. The van der Waals surface area contributed by atoms with Gasteiger partial charge in [-0.15, -0.1) is 0 Å². The van der Waals surface area contributed by atoms with Crippen LogP contribution in [0.15, 0.2) is 91.0 Å². The summed E-state index contributed by atoms with van der Waals surface area (Å²) in [7, 11) is 0. The van der Waals surface area contributed by atoms with E-state index in [0.717, 1.165) is 21.8 Å². The Balaban J connectivity index is 1.66. The molecule has 0 bridgehead atoms. The van der Waals surface area contributed by atoms with Crippen molar-refractivity contribution < 1.29 is 9.59 Å². The number of carbonyl (C=O) groups is 2. The molecule has 32 heavy (non-hydrogen) atoms. The third-order valence-electron chi connectivity index (χ3n) is 5.93. The first kappa shape index (κ1) is 18.1. The third-order valence-corrected chi connectivity index (χ3v) is 5.93. The molecule has 6 rings (SSSR count). The van der Waals surface area contributed by atoms with Crippen molar-refractivity contribution in [1.82, 2.24) is 4.57 Å². The normalized spacial score (nSPS) is 13.0. The maximum atomic E-state index is 13.5. The van der Waals surface area contributed by atoms with Crippen LogP contribution in [0.2, 0.25) is 0 Å². The minimum Gasteiger partial charge on any atom is -0.309 e. The number of rotatable bonds is 2. The highest BCUT2D eigenvalue weighted by atomic mass is 16.2. The highest BCUT2D eigenvalue weighted by Crippen LogP contribution is 2.38. The van der Waals surface area contributed by atoms with Crippen LogP contribution in [0.1, 0.15) is 20.7 Å². The predicted octanol–water partition coefficient (Wildman–Crippen LogP) is 6.14. The van der Waals surface area contributed by atoms with E-state index >= 15 is 0 Å². The smallest absolute Gasteiger partial charge is 0.268 e. The zero-order valence-corrected chi connectivity index (χ0v) is 16.8. The number of nitrogens with zero attached hydrogens (tertiary/aromatic N) is 3. The number of para-hydroxylation sites is 2.